The van der Waals surface area contributed by atoms with Crippen LogP contribution in [0.5, 0.6) is 5.75 Å². The number of aromatic nitrogens is 4. The molecule has 2 heterocycles. The summed E-state index contributed by atoms with van der Waals surface area (Å²) < 4.78 is 8.81. The maximum atomic E-state index is 5.86. The van der Waals surface area contributed by atoms with Crippen molar-refractivity contribution in [2.75, 3.05) is 12.0 Å². The summed E-state index contributed by atoms with van der Waals surface area (Å²) >= 11 is 3.49. The van der Waals surface area contributed by atoms with Crippen molar-refractivity contribution in [3.05, 3.63) is 52.5 Å². The standard InChI is InChI=1S/C21H21BrN6O/c1-3-4-11-29-18-10-9-15(22)12-14(18)13-23-26-21-24-20-19(25-27-21)16-7-5-6-8-17(16)28(20)2/h5-10,12-13H,3-4,11H2,1-2H3,(H,24,26,27)/b23-13+. The molecule has 7 nitrogen and oxygen atoms in total. The quantitative estimate of drug-likeness (QED) is 0.245. The first-order valence-corrected chi connectivity index (χ1v) is 10.3. The van der Waals surface area contributed by atoms with Gasteiger partial charge >= 0.3 is 0 Å². The van der Waals surface area contributed by atoms with Crippen LogP contribution in [0.25, 0.3) is 22.1 Å². The van der Waals surface area contributed by atoms with Crippen molar-refractivity contribution in [2.45, 2.75) is 19.8 Å². The number of ether oxygens (including phenoxy) is 1. The van der Waals surface area contributed by atoms with E-state index in [0.717, 1.165) is 50.7 Å². The van der Waals surface area contributed by atoms with Crippen LogP contribution in [0.3, 0.4) is 0 Å². The Hall–Kier alpha value is -3.00. The lowest BCUT2D eigenvalue weighted by Crippen LogP contribution is -2.02. The van der Waals surface area contributed by atoms with Gasteiger partial charge in [0.15, 0.2) is 5.65 Å². The molecule has 2 aromatic heterocycles. The van der Waals surface area contributed by atoms with Gasteiger partial charge in [0.05, 0.1) is 18.3 Å². The number of halogens is 1. The smallest absolute Gasteiger partial charge is 0.265 e. The fourth-order valence-corrected chi connectivity index (χ4v) is 3.47. The van der Waals surface area contributed by atoms with E-state index in [4.69, 9.17) is 4.74 Å². The Morgan fingerprint density at radius 3 is 2.93 bits per heavy atom. The first-order valence-electron chi connectivity index (χ1n) is 9.46. The minimum Gasteiger partial charge on any atom is -0.493 e. The summed E-state index contributed by atoms with van der Waals surface area (Å²) in [5, 5.41) is 13.8. The molecule has 8 heteroatoms. The highest BCUT2D eigenvalue weighted by atomic mass is 79.9. The average Bonchev–Trinajstić information content (AvgIpc) is 3.02. The van der Waals surface area contributed by atoms with Crippen LogP contribution in [0.15, 0.2) is 52.0 Å². The molecule has 0 aliphatic rings. The number of hydrogen-bond donors (Lipinski definition) is 1. The maximum Gasteiger partial charge on any atom is 0.265 e. The topological polar surface area (TPSA) is 77.2 Å². The van der Waals surface area contributed by atoms with Crippen molar-refractivity contribution in [1.82, 2.24) is 19.7 Å². The molecule has 0 saturated carbocycles. The zero-order chi connectivity index (χ0) is 20.2. The van der Waals surface area contributed by atoms with Gasteiger partial charge < -0.3 is 9.30 Å². The molecular formula is C21H21BrN6O. The number of fused-ring (bicyclic) bond motifs is 3. The number of para-hydroxylation sites is 1. The van der Waals surface area contributed by atoms with Gasteiger partial charge in [-0.2, -0.15) is 10.1 Å². The van der Waals surface area contributed by atoms with Crippen molar-refractivity contribution in [2.24, 2.45) is 12.1 Å². The van der Waals surface area contributed by atoms with Gasteiger partial charge in [-0.25, -0.2) is 5.43 Å². The van der Waals surface area contributed by atoms with E-state index in [0.29, 0.717) is 12.6 Å². The average molecular weight is 453 g/mol. The first kappa shape index (κ1) is 19.3. The van der Waals surface area contributed by atoms with E-state index in [1.807, 2.05) is 54.1 Å². The van der Waals surface area contributed by atoms with E-state index < -0.39 is 0 Å². The van der Waals surface area contributed by atoms with E-state index >= 15 is 0 Å². The van der Waals surface area contributed by atoms with E-state index in [-0.39, 0.29) is 0 Å². The molecule has 1 N–H and O–H groups in total. The molecule has 0 amide bonds. The Labute approximate surface area is 176 Å². The molecule has 0 aliphatic carbocycles. The minimum atomic E-state index is 0.336. The van der Waals surface area contributed by atoms with Crippen molar-refractivity contribution >= 4 is 50.2 Å². The highest BCUT2D eigenvalue weighted by Gasteiger charge is 2.11. The lowest BCUT2D eigenvalue weighted by molar-refractivity contribution is 0.309. The number of unbranched alkanes of at least 4 members (excludes halogenated alkanes) is 1. The summed E-state index contributed by atoms with van der Waals surface area (Å²) in [6, 6.07) is 13.9. The van der Waals surface area contributed by atoms with Gasteiger partial charge in [-0.05, 0) is 30.7 Å². The van der Waals surface area contributed by atoms with E-state index in [1.54, 1.807) is 6.21 Å². The van der Waals surface area contributed by atoms with Crippen LogP contribution in [0.2, 0.25) is 0 Å². The second kappa shape index (κ2) is 8.57. The summed E-state index contributed by atoms with van der Waals surface area (Å²) in [5.41, 5.74) is 6.33. The van der Waals surface area contributed by atoms with Gasteiger partial charge in [-0.3, -0.25) is 0 Å². The predicted octanol–water partition coefficient (Wildman–Crippen LogP) is 4.90. The second-order valence-corrected chi connectivity index (χ2v) is 7.55. The lowest BCUT2D eigenvalue weighted by atomic mass is 10.2. The molecule has 2 aromatic carbocycles. The largest absolute Gasteiger partial charge is 0.493 e. The normalized spacial score (nSPS) is 11.6. The van der Waals surface area contributed by atoms with Gasteiger partial charge in [0, 0.05) is 22.5 Å². The zero-order valence-corrected chi connectivity index (χ0v) is 17.8. The molecule has 0 fully saturated rings. The summed E-state index contributed by atoms with van der Waals surface area (Å²) in [5.74, 6) is 1.12. The molecule has 0 unspecified atom stereocenters. The van der Waals surface area contributed by atoms with E-state index in [2.05, 4.69) is 48.6 Å². The third-order valence-corrected chi connectivity index (χ3v) is 5.10. The molecule has 0 spiro atoms. The molecule has 0 radical (unpaired) electrons. The zero-order valence-electron chi connectivity index (χ0n) is 16.3. The summed E-state index contributed by atoms with van der Waals surface area (Å²) in [6.45, 7) is 2.81. The molecule has 4 aromatic rings. The van der Waals surface area contributed by atoms with E-state index in [1.165, 1.54) is 0 Å². The Balaban J connectivity index is 1.57. The van der Waals surface area contributed by atoms with E-state index in [9.17, 15) is 0 Å². The first-order chi connectivity index (χ1) is 14.2. The van der Waals surface area contributed by atoms with Gasteiger partial charge in [-0.15, -0.1) is 10.2 Å². The monoisotopic (exact) mass is 452 g/mol. The Morgan fingerprint density at radius 2 is 2.07 bits per heavy atom. The fourth-order valence-electron chi connectivity index (χ4n) is 3.09. The van der Waals surface area contributed by atoms with Crippen LogP contribution in [-0.4, -0.2) is 32.6 Å². The predicted molar refractivity (Wildman–Crippen MR) is 120 cm³/mol. The number of benzene rings is 2. The van der Waals surface area contributed by atoms with Gasteiger partial charge in [0.1, 0.15) is 11.3 Å². The number of hydrazone groups is 1. The molecule has 29 heavy (non-hydrogen) atoms. The second-order valence-electron chi connectivity index (χ2n) is 6.64. The van der Waals surface area contributed by atoms with Crippen LogP contribution in [0.4, 0.5) is 5.95 Å². The number of nitrogens with one attached hydrogen (secondary N) is 1. The van der Waals surface area contributed by atoms with Gasteiger partial charge in [0.25, 0.3) is 5.95 Å². The van der Waals surface area contributed by atoms with Crippen molar-refractivity contribution < 1.29 is 4.74 Å². The van der Waals surface area contributed by atoms with Crippen LogP contribution in [0.1, 0.15) is 25.3 Å². The molecule has 4 rings (SSSR count). The Bertz CT molecular complexity index is 1190. The molecule has 148 valence electrons. The third kappa shape index (κ3) is 4.07. The SMILES string of the molecule is CCCCOc1ccc(Br)cc1/C=N/Nc1nnc2c3ccccc3n(C)c2n1. The van der Waals surface area contributed by atoms with Crippen molar-refractivity contribution in [1.29, 1.82) is 0 Å². The van der Waals surface area contributed by atoms with Crippen LogP contribution in [0, 0.1) is 0 Å². The van der Waals surface area contributed by atoms with Crippen molar-refractivity contribution in [3.8, 4) is 5.75 Å². The number of rotatable bonds is 7. The third-order valence-electron chi connectivity index (χ3n) is 4.60. The number of anilines is 1. The maximum absolute atomic E-state index is 5.86. The molecular weight excluding hydrogens is 432 g/mol. The van der Waals surface area contributed by atoms with Crippen LogP contribution >= 0.6 is 15.9 Å². The number of nitrogens with zero attached hydrogens (tertiary/aromatic N) is 5. The minimum absolute atomic E-state index is 0.336. The Kier molecular flexibility index (Phi) is 5.71. The lowest BCUT2D eigenvalue weighted by Gasteiger charge is -2.09. The summed E-state index contributed by atoms with van der Waals surface area (Å²) in [4.78, 5) is 4.57. The molecule has 0 saturated heterocycles. The summed E-state index contributed by atoms with van der Waals surface area (Å²) in [7, 11) is 1.97. The van der Waals surface area contributed by atoms with Gasteiger partial charge in [-0.1, -0.05) is 47.5 Å². The van der Waals surface area contributed by atoms with Crippen molar-refractivity contribution in [3.63, 3.8) is 0 Å². The number of hydrogen-bond acceptors (Lipinski definition) is 6. The highest BCUT2D eigenvalue weighted by molar-refractivity contribution is 9.10. The van der Waals surface area contributed by atoms with Crippen LogP contribution in [-0.2, 0) is 7.05 Å². The highest BCUT2D eigenvalue weighted by Crippen LogP contribution is 2.25. The molecule has 0 bridgehead atoms. The molecule has 0 aliphatic heterocycles. The van der Waals surface area contributed by atoms with Crippen LogP contribution < -0.4 is 10.2 Å². The van der Waals surface area contributed by atoms with Gasteiger partial charge in [0.2, 0.25) is 0 Å². The molecule has 0 atom stereocenters. The fraction of sp³-hybridized carbons (Fsp3) is 0.238. The summed E-state index contributed by atoms with van der Waals surface area (Å²) in [6.07, 6.45) is 3.79. The number of aryl methyl sites for hydroxylation is 1. The Morgan fingerprint density at radius 1 is 1.21 bits per heavy atom.